The van der Waals surface area contributed by atoms with Gasteiger partial charge in [0.1, 0.15) is 0 Å². The molecule has 4 unspecified atom stereocenters. The van der Waals surface area contributed by atoms with Crippen molar-refractivity contribution in [1.82, 2.24) is 3.80 Å². The average molecular weight is 349 g/mol. The van der Waals surface area contributed by atoms with Crippen molar-refractivity contribution in [1.29, 1.82) is 0 Å². The van der Waals surface area contributed by atoms with Gasteiger partial charge in [0.2, 0.25) is 0 Å². The Kier molecular flexibility index (Phi) is 6.00. The van der Waals surface area contributed by atoms with Crippen LogP contribution in [0.5, 0.6) is 0 Å². The number of hydrogen-bond donors (Lipinski definition) is 1. The van der Waals surface area contributed by atoms with Gasteiger partial charge in [-0.1, -0.05) is 0 Å². The summed E-state index contributed by atoms with van der Waals surface area (Å²) in [5, 5.41) is 0. The summed E-state index contributed by atoms with van der Waals surface area (Å²) in [6, 6.07) is 0. The van der Waals surface area contributed by atoms with E-state index in [-0.39, 0.29) is 36.1 Å². The first-order chi connectivity index (χ1) is 8.59. The van der Waals surface area contributed by atoms with Crippen molar-refractivity contribution < 1.29 is 50.3 Å². The van der Waals surface area contributed by atoms with Crippen molar-refractivity contribution in [2.24, 2.45) is 23.2 Å². The number of halogens is 2. The molecule has 0 aromatic rings. The minimum Gasteiger partial charge on any atom is -1.00 e. The second-order valence-corrected chi connectivity index (χ2v) is 6.64. The summed E-state index contributed by atoms with van der Waals surface area (Å²) >= 11 is 1.79. The van der Waals surface area contributed by atoms with E-state index in [9.17, 15) is 4.79 Å². The van der Waals surface area contributed by atoms with E-state index in [2.05, 4.69) is 29.8 Å². The second-order valence-electron chi connectivity index (χ2n) is 6.25. The number of fused-ring (bicyclic) bond motifs is 2. The minimum atomic E-state index is -0.190. The van der Waals surface area contributed by atoms with Gasteiger partial charge in [0, 0.05) is 0 Å². The molecule has 0 radical (unpaired) electrons. The van der Waals surface area contributed by atoms with Gasteiger partial charge in [-0.2, -0.15) is 0 Å². The molecule has 1 amide bonds. The van der Waals surface area contributed by atoms with Crippen LogP contribution in [-0.4, -0.2) is 5.91 Å². The SMILES string of the molecule is CC1=C(C2(C(=O)[NH][Ti+2])CC3CCC2C3)C(C)C=C1.[Cl-].[Cl-]. The molecular formula is C15H20Cl2NOTi. The number of allylic oxidation sites excluding steroid dienone is 3. The van der Waals surface area contributed by atoms with Crippen molar-refractivity contribution in [3.05, 3.63) is 23.3 Å². The zero-order valence-electron chi connectivity index (χ0n) is 11.9. The first kappa shape index (κ1) is 18.3. The van der Waals surface area contributed by atoms with Crippen LogP contribution in [0.4, 0.5) is 0 Å². The molecule has 3 rings (SSSR count). The Bertz CT molecular complexity index is 463. The summed E-state index contributed by atoms with van der Waals surface area (Å²) < 4.78 is 2.95. The summed E-state index contributed by atoms with van der Waals surface area (Å²) in [4.78, 5) is 12.6. The van der Waals surface area contributed by atoms with Crippen LogP contribution in [0.1, 0.15) is 39.5 Å². The molecular weight excluding hydrogens is 329 g/mol. The Morgan fingerprint density at radius 1 is 1.40 bits per heavy atom. The number of rotatable bonds is 2. The molecule has 3 aliphatic rings. The Hall–Kier alpha value is 0.244. The maximum absolute atomic E-state index is 12.6. The molecule has 20 heavy (non-hydrogen) atoms. The molecule has 109 valence electrons. The summed E-state index contributed by atoms with van der Waals surface area (Å²) in [5.74, 6) is 2.05. The van der Waals surface area contributed by atoms with E-state index >= 15 is 0 Å². The summed E-state index contributed by atoms with van der Waals surface area (Å²) in [7, 11) is 0. The number of carbonyl (C=O) groups is 1. The fraction of sp³-hybridized carbons (Fsp3) is 0.667. The molecule has 0 saturated heterocycles. The van der Waals surface area contributed by atoms with Crippen molar-refractivity contribution in [3.8, 4) is 0 Å². The van der Waals surface area contributed by atoms with Crippen LogP contribution in [0.2, 0.25) is 0 Å². The minimum absolute atomic E-state index is 0. The van der Waals surface area contributed by atoms with E-state index in [0.717, 1.165) is 12.3 Å². The number of hydrogen-bond acceptors (Lipinski definition) is 1. The van der Waals surface area contributed by atoms with Crippen molar-refractivity contribution in [2.75, 3.05) is 0 Å². The third-order valence-corrected chi connectivity index (χ3v) is 5.72. The molecule has 4 atom stereocenters. The van der Waals surface area contributed by atoms with E-state index in [1.54, 1.807) is 20.7 Å². The van der Waals surface area contributed by atoms with Crippen LogP contribution >= 0.6 is 0 Å². The van der Waals surface area contributed by atoms with E-state index in [4.69, 9.17) is 0 Å². The van der Waals surface area contributed by atoms with Crippen molar-refractivity contribution in [3.63, 3.8) is 0 Å². The quantitative estimate of drug-likeness (QED) is 0.526. The molecule has 3 aliphatic carbocycles. The van der Waals surface area contributed by atoms with Crippen LogP contribution in [0.15, 0.2) is 23.3 Å². The molecule has 2 nitrogen and oxygen atoms in total. The molecule has 2 saturated carbocycles. The smallest absolute Gasteiger partial charge is 1.00 e. The fourth-order valence-electron chi connectivity index (χ4n) is 4.76. The standard InChI is InChI=1S/C15H21NO.2ClH.Ti/c1-9-3-4-10(2)13(9)15(14(16)17)8-11-5-6-12(15)7-11;;;/h3-4,9,11-12H,5-8H2,1-2H3,(H2,16,17);2*1H;/q;;;+3/p-3. The third kappa shape index (κ3) is 2.43. The van der Waals surface area contributed by atoms with Gasteiger partial charge in [-0.15, -0.1) is 0 Å². The molecule has 1 N–H and O–H groups in total. The fourth-order valence-corrected chi connectivity index (χ4v) is 5.11. The molecule has 0 heterocycles. The van der Waals surface area contributed by atoms with Gasteiger partial charge in [-0.3, -0.25) is 0 Å². The number of carbonyl (C=O) groups excluding carboxylic acids is 1. The zero-order chi connectivity index (χ0) is 12.9. The first-order valence-corrected chi connectivity index (χ1v) is 7.74. The molecule has 0 aromatic heterocycles. The summed E-state index contributed by atoms with van der Waals surface area (Å²) in [5.41, 5.74) is 2.55. The van der Waals surface area contributed by atoms with E-state index in [1.165, 1.54) is 30.4 Å². The number of amides is 1. The largest absolute Gasteiger partial charge is 1.00 e. The zero-order valence-corrected chi connectivity index (χ0v) is 15.0. The topological polar surface area (TPSA) is 29.1 Å². The molecule has 0 aromatic carbocycles. The Morgan fingerprint density at radius 2 is 2.10 bits per heavy atom. The van der Waals surface area contributed by atoms with E-state index in [1.807, 2.05) is 0 Å². The first-order valence-electron chi connectivity index (χ1n) is 6.96. The van der Waals surface area contributed by atoms with Gasteiger partial charge in [0.05, 0.1) is 0 Å². The monoisotopic (exact) mass is 348 g/mol. The maximum Gasteiger partial charge on any atom is -1.00 e. The van der Waals surface area contributed by atoms with Gasteiger partial charge >= 0.3 is 121 Å². The van der Waals surface area contributed by atoms with Gasteiger partial charge in [0.25, 0.3) is 0 Å². The van der Waals surface area contributed by atoms with Crippen LogP contribution in [0.25, 0.3) is 0 Å². The Balaban J connectivity index is 0.000001000. The second kappa shape index (κ2) is 6.56. The van der Waals surface area contributed by atoms with Crippen molar-refractivity contribution in [2.45, 2.75) is 39.5 Å². The van der Waals surface area contributed by atoms with E-state index < -0.39 is 0 Å². The normalized spacial score (nSPS) is 37.7. The van der Waals surface area contributed by atoms with Gasteiger partial charge in [-0.25, -0.2) is 0 Å². The predicted molar refractivity (Wildman–Crippen MR) is 67.0 cm³/mol. The van der Waals surface area contributed by atoms with E-state index in [0.29, 0.717) is 11.8 Å². The van der Waals surface area contributed by atoms with Crippen LogP contribution in [0, 0.1) is 23.2 Å². The molecule has 5 heteroatoms. The summed E-state index contributed by atoms with van der Waals surface area (Å²) in [6.45, 7) is 4.41. The van der Waals surface area contributed by atoms with Gasteiger partial charge in [0.15, 0.2) is 0 Å². The van der Waals surface area contributed by atoms with Crippen LogP contribution in [0.3, 0.4) is 0 Å². The molecule has 2 bridgehead atoms. The number of nitrogens with one attached hydrogen (secondary N) is 1. The molecule has 2 fully saturated rings. The molecule has 0 spiro atoms. The molecule has 0 aliphatic heterocycles. The Labute approximate surface area is 145 Å². The van der Waals surface area contributed by atoms with Crippen molar-refractivity contribution >= 4 is 5.91 Å². The van der Waals surface area contributed by atoms with Crippen LogP contribution in [-0.2, 0) is 25.5 Å². The van der Waals surface area contributed by atoms with Crippen LogP contribution < -0.4 is 28.6 Å². The third-order valence-electron chi connectivity index (χ3n) is 5.36. The maximum atomic E-state index is 12.6. The summed E-state index contributed by atoms with van der Waals surface area (Å²) in [6.07, 6.45) is 9.37. The predicted octanol–water partition coefficient (Wildman–Crippen LogP) is -3.10. The average Bonchev–Trinajstić information content (AvgIpc) is 3.03. The van der Waals surface area contributed by atoms with Gasteiger partial charge < -0.3 is 24.8 Å². The van der Waals surface area contributed by atoms with Gasteiger partial charge in [-0.05, 0) is 0 Å². The Morgan fingerprint density at radius 3 is 2.50 bits per heavy atom.